The van der Waals surface area contributed by atoms with Gasteiger partial charge in [-0.15, -0.1) is 0 Å². The van der Waals surface area contributed by atoms with Crippen LogP contribution in [0.3, 0.4) is 0 Å². The Balaban J connectivity index is 1.74. The molecule has 1 aromatic heterocycles. The summed E-state index contributed by atoms with van der Waals surface area (Å²) in [7, 11) is 3.18. The molecule has 1 amide bonds. The maximum absolute atomic E-state index is 12.7. The molecule has 3 aromatic rings. The molecular formula is C23H26ClN3O4. The van der Waals surface area contributed by atoms with Crippen LogP contribution in [0.15, 0.2) is 42.5 Å². The lowest BCUT2D eigenvalue weighted by Crippen LogP contribution is -2.15. The van der Waals surface area contributed by atoms with Gasteiger partial charge in [0.15, 0.2) is 11.5 Å². The Labute approximate surface area is 186 Å². The number of rotatable bonds is 9. The van der Waals surface area contributed by atoms with Gasteiger partial charge in [-0.05, 0) is 50.2 Å². The predicted octanol–water partition coefficient (Wildman–Crippen LogP) is 4.36. The third-order valence-corrected chi connectivity index (χ3v) is 5.09. The van der Waals surface area contributed by atoms with Gasteiger partial charge in [0.25, 0.3) is 0 Å². The average molecular weight is 444 g/mol. The number of carbonyl (C=O) groups excluding carboxylic acids is 1. The van der Waals surface area contributed by atoms with E-state index in [0.29, 0.717) is 35.4 Å². The first kappa shape index (κ1) is 22.7. The van der Waals surface area contributed by atoms with Crippen molar-refractivity contribution >= 4 is 23.2 Å². The van der Waals surface area contributed by atoms with E-state index in [2.05, 4.69) is 10.4 Å². The molecule has 1 heterocycles. The number of anilines is 1. The third-order valence-electron chi connectivity index (χ3n) is 4.84. The van der Waals surface area contributed by atoms with E-state index in [9.17, 15) is 4.79 Å². The van der Waals surface area contributed by atoms with Crippen LogP contribution in [-0.2, 0) is 16.0 Å². The molecule has 0 saturated heterocycles. The zero-order chi connectivity index (χ0) is 22.4. The number of halogens is 1. The van der Waals surface area contributed by atoms with Crippen molar-refractivity contribution in [3.05, 3.63) is 64.4 Å². The number of nitrogens with zero attached hydrogens (tertiary/aromatic N) is 2. The highest BCUT2D eigenvalue weighted by Gasteiger charge is 2.17. The van der Waals surface area contributed by atoms with Crippen LogP contribution in [0.25, 0.3) is 5.69 Å². The number of hydrogen-bond acceptors (Lipinski definition) is 5. The van der Waals surface area contributed by atoms with Crippen molar-refractivity contribution in [2.75, 3.05) is 32.8 Å². The van der Waals surface area contributed by atoms with E-state index in [1.54, 1.807) is 32.4 Å². The van der Waals surface area contributed by atoms with Gasteiger partial charge in [-0.3, -0.25) is 4.79 Å². The minimum atomic E-state index is -0.144. The number of ether oxygens (including phenoxy) is 3. The molecule has 0 radical (unpaired) electrons. The summed E-state index contributed by atoms with van der Waals surface area (Å²) in [5.74, 6) is 0.986. The second kappa shape index (κ2) is 10.3. The van der Waals surface area contributed by atoms with Crippen LogP contribution in [0.5, 0.6) is 11.5 Å². The van der Waals surface area contributed by atoms with Crippen LogP contribution in [0, 0.1) is 13.8 Å². The Hall–Kier alpha value is -3.03. The molecule has 0 aliphatic carbocycles. The standard InChI is InChI=1S/C23H26ClN3O4/c1-15-20(16(2)27(26-15)19-8-5-17(24)6-9-19)14-23(28)25-18-7-10-21(30-4)22(13-18)31-12-11-29-3/h5-10,13H,11-12,14H2,1-4H3,(H,25,28). The number of hydrogen-bond donors (Lipinski definition) is 1. The van der Waals surface area contributed by atoms with Crippen molar-refractivity contribution < 1.29 is 19.0 Å². The number of carbonyl (C=O) groups is 1. The van der Waals surface area contributed by atoms with Gasteiger partial charge in [0.2, 0.25) is 5.91 Å². The van der Waals surface area contributed by atoms with Crippen molar-refractivity contribution in [3.63, 3.8) is 0 Å². The molecule has 0 aliphatic heterocycles. The van der Waals surface area contributed by atoms with E-state index in [0.717, 1.165) is 22.6 Å². The maximum atomic E-state index is 12.7. The molecule has 0 bridgehead atoms. The Morgan fingerprint density at radius 1 is 1.06 bits per heavy atom. The lowest BCUT2D eigenvalue weighted by Gasteiger charge is -2.13. The molecule has 0 saturated carbocycles. The summed E-state index contributed by atoms with van der Waals surface area (Å²) in [6, 6.07) is 12.7. The lowest BCUT2D eigenvalue weighted by molar-refractivity contribution is -0.115. The molecule has 8 heteroatoms. The average Bonchev–Trinajstić information content (AvgIpc) is 3.03. The van der Waals surface area contributed by atoms with Crippen molar-refractivity contribution in [1.29, 1.82) is 0 Å². The Kier molecular flexibility index (Phi) is 7.55. The molecule has 0 unspecified atom stereocenters. The second-order valence-corrected chi connectivity index (χ2v) is 7.41. The molecule has 164 valence electrons. The number of amides is 1. The molecule has 0 spiro atoms. The Bertz CT molecular complexity index is 1050. The topological polar surface area (TPSA) is 74.6 Å². The summed E-state index contributed by atoms with van der Waals surface area (Å²) >= 11 is 5.98. The highest BCUT2D eigenvalue weighted by molar-refractivity contribution is 6.30. The molecule has 0 fully saturated rings. The van der Waals surface area contributed by atoms with Gasteiger partial charge < -0.3 is 19.5 Å². The molecule has 0 aliphatic rings. The van der Waals surface area contributed by atoms with Gasteiger partial charge in [-0.2, -0.15) is 5.10 Å². The fourth-order valence-electron chi connectivity index (χ4n) is 3.23. The van der Waals surface area contributed by atoms with Crippen LogP contribution in [0.1, 0.15) is 17.0 Å². The Morgan fingerprint density at radius 3 is 2.48 bits per heavy atom. The van der Waals surface area contributed by atoms with Gasteiger partial charge in [-0.25, -0.2) is 4.68 Å². The highest BCUT2D eigenvalue weighted by atomic mass is 35.5. The van der Waals surface area contributed by atoms with E-state index in [-0.39, 0.29) is 12.3 Å². The third kappa shape index (κ3) is 5.57. The van der Waals surface area contributed by atoms with Gasteiger partial charge >= 0.3 is 0 Å². The normalized spacial score (nSPS) is 10.7. The van der Waals surface area contributed by atoms with Crippen LogP contribution >= 0.6 is 11.6 Å². The summed E-state index contributed by atoms with van der Waals surface area (Å²) in [4.78, 5) is 12.7. The minimum Gasteiger partial charge on any atom is -0.493 e. The molecule has 0 atom stereocenters. The van der Waals surface area contributed by atoms with Gasteiger partial charge in [0.05, 0.1) is 31.5 Å². The zero-order valence-electron chi connectivity index (χ0n) is 18.1. The fraction of sp³-hybridized carbons (Fsp3) is 0.304. The van der Waals surface area contributed by atoms with Crippen LogP contribution in [0.2, 0.25) is 5.02 Å². The quantitative estimate of drug-likeness (QED) is 0.497. The highest BCUT2D eigenvalue weighted by Crippen LogP contribution is 2.30. The van der Waals surface area contributed by atoms with E-state index in [1.807, 2.05) is 42.8 Å². The first-order chi connectivity index (χ1) is 14.9. The van der Waals surface area contributed by atoms with E-state index >= 15 is 0 Å². The number of aromatic nitrogens is 2. The predicted molar refractivity (Wildman–Crippen MR) is 121 cm³/mol. The van der Waals surface area contributed by atoms with Gasteiger partial charge in [0, 0.05) is 35.1 Å². The van der Waals surface area contributed by atoms with E-state index < -0.39 is 0 Å². The van der Waals surface area contributed by atoms with Crippen molar-refractivity contribution in [2.45, 2.75) is 20.3 Å². The van der Waals surface area contributed by atoms with Gasteiger partial charge in [-0.1, -0.05) is 11.6 Å². The summed E-state index contributed by atoms with van der Waals surface area (Å²) < 4.78 is 17.8. The maximum Gasteiger partial charge on any atom is 0.228 e. The number of aryl methyl sites for hydroxylation is 1. The first-order valence-electron chi connectivity index (χ1n) is 9.83. The van der Waals surface area contributed by atoms with Crippen LogP contribution < -0.4 is 14.8 Å². The number of benzene rings is 2. The molecular weight excluding hydrogens is 418 g/mol. The molecule has 31 heavy (non-hydrogen) atoms. The van der Waals surface area contributed by atoms with Crippen LogP contribution in [0.4, 0.5) is 5.69 Å². The minimum absolute atomic E-state index is 0.144. The smallest absolute Gasteiger partial charge is 0.228 e. The largest absolute Gasteiger partial charge is 0.493 e. The second-order valence-electron chi connectivity index (χ2n) is 6.97. The number of nitrogens with one attached hydrogen (secondary N) is 1. The summed E-state index contributed by atoms with van der Waals surface area (Å²) in [5.41, 5.74) is 4.12. The van der Waals surface area contributed by atoms with Gasteiger partial charge in [0.1, 0.15) is 6.61 Å². The van der Waals surface area contributed by atoms with E-state index in [4.69, 9.17) is 25.8 Å². The van der Waals surface area contributed by atoms with Crippen molar-refractivity contribution in [3.8, 4) is 17.2 Å². The summed E-state index contributed by atoms with van der Waals surface area (Å²) in [5, 5.41) is 8.18. The summed E-state index contributed by atoms with van der Waals surface area (Å²) in [6.07, 6.45) is 0.206. The number of methoxy groups -OCH3 is 2. The van der Waals surface area contributed by atoms with Crippen LogP contribution in [-0.4, -0.2) is 43.1 Å². The zero-order valence-corrected chi connectivity index (χ0v) is 18.8. The molecule has 7 nitrogen and oxygen atoms in total. The Morgan fingerprint density at radius 2 is 1.81 bits per heavy atom. The monoisotopic (exact) mass is 443 g/mol. The SMILES string of the molecule is COCCOc1cc(NC(=O)Cc2c(C)nn(-c3ccc(Cl)cc3)c2C)ccc1OC. The summed E-state index contributed by atoms with van der Waals surface area (Å²) in [6.45, 7) is 4.69. The van der Waals surface area contributed by atoms with Crippen molar-refractivity contribution in [1.82, 2.24) is 9.78 Å². The van der Waals surface area contributed by atoms with E-state index in [1.165, 1.54) is 0 Å². The molecule has 2 aromatic carbocycles. The van der Waals surface area contributed by atoms with Crippen molar-refractivity contribution in [2.24, 2.45) is 0 Å². The fourth-order valence-corrected chi connectivity index (χ4v) is 3.36. The molecule has 3 rings (SSSR count). The molecule has 1 N–H and O–H groups in total. The lowest BCUT2D eigenvalue weighted by atomic mass is 10.1. The first-order valence-corrected chi connectivity index (χ1v) is 10.2.